The first-order valence-electron chi connectivity index (χ1n) is 7.15. The number of carbonyl (C=O) groups excluding carboxylic acids is 1. The van der Waals surface area contributed by atoms with E-state index in [0.29, 0.717) is 6.54 Å². The second-order valence-electron chi connectivity index (χ2n) is 5.29. The molecule has 5 nitrogen and oxygen atoms in total. The number of anilines is 1. The first-order valence-corrected chi connectivity index (χ1v) is 7.15. The average molecular weight is 276 g/mol. The van der Waals surface area contributed by atoms with E-state index in [0.717, 1.165) is 44.0 Å². The van der Waals surface area contributed by atoms with Gasteiger partial charge in [-0.1, -0.05) is 0 Å². The maximum atomic E-state index is 12.0. The monoisotopic (exact) mass is 276 g/mol. The van der Waals surface area contributed by atoms with E-state index in [2.05, 4.69) is 15.5 Å². The van der Waals surface area contributed by atoms with Gasteiger partial charge in [-0.15, -0.1) is 0 Å². The molecule has 0 atom stereocenters. The van der Waals surface area contributed by atoms with Crippen LogP contribution in [0, 0.1) is 0 Å². The lowest BCUT2D eigenvalue weighted by Gasteiger charge is -2.27. The Morgan fingerprint density at radius 2 is 1.90 bits per heavy atom. The highest BCUT2D eigenvalue weighted by molar-refractivity contribution is 5.94. The van der Waals surface area contributed by atoms with E-state index in [1.54, 1.807) is 0 Å². The summed E-state index contributed by atoms with van der Waals surface area (Å²) in [7, 11) is 3.98. The molecule has 0 spiro atoms. The fourth-order valence-electron chi connectivity index (χ4n) is 2.28. The molecule has 0 aliphatic carbocycles. The summed E-state index contributed by atoms with van der Waals surface area (Å²) >= 11 is 0. The summed E-state index contributed by atoms with van der Waals surface area (Å²) in [5.41, 5.74) is 1.82. The predicted molar refractivity (Wildman–Crippen MR) is 82.4 cm³/mol. The van der Waals surface area contributed by atoms with E-state index in [1.165, 1.54) is 0 Å². The first kappa shape index (κ1) is 14.8. The van der Waals surface area contributed by atoms with Crippen molar-refractivity contribution >= 4 is 11.6 Å². The van der Waals surface area contributed by atoms with Gasteiger partial charge in [0.1, 0.15) is 0 Å². The van der Waals surface area contributed by atoms with E-state index in [1.807, 2.05) is 43.3 Å². The molecule has 1 fully saturated rings. The lowest BCUT2D eigenvalue weighted by molar-refractivity contribution is 0.0947. The van der Waals surface area contributed by atoms with Crippen molar-refractivity contribution in [3.05, 3.63) is 29.8 Å². The second-order valence-corrected chi connectivity index (χ2v) is 5.29. The maximum absolute atomic E-state index is 12.0. The fraction of sp³-hybridized carbons (Fsp3) is 0.533. The van der Waals surface area contributed by atoms with Crippen molar-refractivity contribution in [3.63, 3.8) is 0 Å². The zero-order valence-electron chi connectivity index (χ0n) is 12.4. The summed E-state index contributed by atoms with van der Waals surface area (Å²) in [6, 6.07) is 7.67. The molecule has 2 N–H and O–H groups in total. The Kier molecular flexibility index (Phi) is 5.38. The molecule has 1 amide bonds. The number of hydrogen-bond donors (Lipinski definition) is 2. The second kappa shape index (κ2) is 7.26. The van der Waals surface area contributed by atoms with Crippen LogP contribution in [0.25, 0.3) is 0 Å². The fourth-order valence-corrected chi connectivity index (χ4v) is 2.28. The summed E-state index contributed by atoms with van der Waals surface area (Å²) in [6.45, 7) is 5.83. The van der Waals surface area contributed by atoms with Crippen LogP contribution in [0.15, 0.2) is 24.3 Å². The molecule has 1 heterocycles. The van der Waals surface area contributed by atoms with Crippen molar-refractivity contribution < 1.29 is 4.79 Å². The number of benzene rings is 1. The average Bonchev–Trinajstić information content (AvgIpc) is 2.48. The molecule has 0 aromatic heterocycles. The Labute approximate surface area is 120 Å². The molecule has 0 unspecified atom stereocenters. The molecular formula is C15H24N4O. The van der Waals surface area contributed by atoms with Gasteiger partial charge in [0.2, 0.25) is 0 Å². The highest BCUT2D eigenvalue weighted by atomic mass is 16.1. The van der Waals surface area contributed by atoms with Crippen LogP contribution in [0.2, 0.25) is 0 Å². The van der Waals surface area contributed by atoms with Gasteiger partial charge in [-0.25, -0.2) is 0 Å². The Bertz CT molecular complexity index is 424. The minimum atomic E-state index is 0.00504. The van der Waals surface area contributed by atoms with Gasteiger partial charge in [0.05, 0.1) is 0 Å². The van der Waals surface area contributed by atoms with Crippen LogP contribution in [0.4, 0.5) is 5.69 Å². The van der Waals surface area contributed by atoms with Crippen LogP contribution in [0.1, 0.15) is 10.4 Å². The van der Waals surface area contributed by atoms with Crippen LogP contribution < -0.4 is 15.5 Å². The molecule has 1 saturated heterocycles. The van der Waals surface area contributed by atoms with Gasteiger partial charge in [0.15, 0.2) is 0 Å². The van der Waals surface area contributed by atoms with E-state index < -0.39 is 0 Å². The van der Waals surface area contributed by atoms with Crippen molar-refractivity contribution in [3.8, 4) is 0 Å². The van der Waals surface area contributed by atoms with Crippen molar-refractivity contribution in [1.29, 1.82) is 0 Å². The number of nitrogens with one attached hydrogen (secondary N) is 2. The predicted octanol–water partition coefficient (Wildman–Crippen LogP) is 0.388. The number of rotatable bonds is 5. The third-order valence-electron chi connectivity index (χ3n) is 3.57. The molecule has 0 radical (unpaired) electrons. The van der Waals surface area contributed by atoms with Crippen molar-refractivity contribution in [1.82, 2.24) is 15.5 Å². The topological polar surface area (TPSA) is 47.6 Å². The van der Waals surface area contributed by atoms with Gasteiger partial charge in [-0.3, -0.25) is 9.69 Å². The van der Waals surface area contributed by atoms with E-state index >= 15 is 0 Å². The third-order valence-corrected chi connectivity index (χ3v) is 3.57. The van der Waals surface area contributed by atoms with Gasteiger partial charge in [0.25, 0.3) is 5.91 Å². The van der Waals surface area contributed by atoms with E-state index in [9.17, 15) is 4.79 Å². The summed E-state index contributed by atoms with van der Waals surface area (Å²) in [5.74, 6) is 0.00504. The molecule has 2 rings (SSSR count). The first-order chi connectivity index (χ1) is 9.66. The van der Waals surface area contributed by atoms with Crippen molar-refractivity contribution in [2.45, 2.75) is 0 Å². The van der Waals surface area contributed by atoms with Crippen LogP contribution in [-0.4, -0.2) is 64.2 Å². The summed E-state index contributed by atoms with van der Waals surface area (Å²) in [6.07, 6.45) is 0. The van der Waals surface area contributed by atoms with Crippen molar-refractivity contribution in [2.24, 2.45) is 0 Å². The Morgan fingerprint density at radius 3 is 2.50 bits per heavy atom. The molecule has 5 heteroatoms. The smallest absolute Gasteiger partial charge is 0.251 e. The Morgan fingerprint density at radius 1 is 1.25 bits per heavy atom. The minimum Gasteiger partial charge on any atom is -0.378 e. The van der Waals surface area contributed by atoms with Crippen LogP contribution in [0.5, 0.6) is 0 Å². The third kappa shape index (κ3) is 4.21. The number of hydrogen-bond acceptors (Lipinski definition) is 4. The number of amides is 1. The SMILES string of the molecule is CN(C)c1ccc(C(=O)NCCN2CCNCC2)cc1. The maximum Gasteiger partial charge on any atom is 0.251 e. The highest BCUT2D eigenvalue weighted by Gasteiger charge is 2.10. The van der Waals surface area contributed by atoms with Crippen LogP contribution >= 0.6 is 0 Å². The molecule has 1 aliphatic heterocycles. The van der Waals surface area contributed by atoms with Crippen LogP contribution in [-0.2, 0) is 0 Å². The molecule has 1 aliphatic rings. The largest absolute Gasteiger partial charge is 0.378 e. The molecule has 110 valence electrons. The standard InChI is InChI=1S/C15H24N4O/c1-18(2)14-5-3-13(4-6-14)15(20)17-9-12-19-10-7-16-8-11-19/h3-6,16H,7-12H2,1-2H3,(H,17,20). The van der Waals surface area contributed by atoms with E-state index in [4.69, 9.17) is 0 Å². The molecular weight excluding hydrogens is 252 g/mol. The molecule has 1 aromatic carbocycles. The summed E-state index contributed by atoms with van der Waals surface area (Å²) in [5, 5.41) is 6.30. The summed E-state index contributed by atoms with van der Waals surface area (Å²) in [4.78, 5) is 16.4. The number of nitrogens with zero attached hydrogens (tertiary/aromatic N) is 2. The number of carbonyl (C=O) groups is 1. The molecule has 20 heavy (non-hydrogen) atoms. The lowest BCUT2D eigenvalue weighted by Crippen LogP contribution is -2.46. The van der Waals surface area contributed by atoms with E-state index in [-0.39, 0.29) is 5.91 Å². The normalized spacial score (nSPS) is 15.9. The highest BCUT2D eigenvalue weighted by Crippen LogP contribution is 2.11. The van der Waals surface area contributed by atoms with Crippen LogP contribution in [0.3, 0.4) is 0 Å². The molecule has 0 bridgehead atoms. The van der Waals surface area contributed by atoms with Gasteiger partial charge >= 0.3 is 0 Å². The zero-order chi connectivity index (χ0) is 14.4. The van der Waals surface area contributed by atoms with Gasteiger partial charge in [-0.05, 0) is 24.3 Å². The minimum absolute atomic E-state index is 0.00504. The number of piperazine rings is 1. The van der Waals surface area contributed by atoms with Crippen molar-refractivity contribution in [2.75, 3.05) is 58.3 Å². The quantitative estimate of drug-likeness (QED) is 0.817. The molecule has 1 aromatic rings. The molecule has 0 saturated carbocycles. The zero-order valence-corrected chi connectivity index (χ0v) is 12.4. The summed E-state index contributed by atoms with van der Waals surface area (Å²) < 4.78 is 0. The van der Waals surface area contributed by atoms with Gasteiger partial charge in [-0.2, -0.15) is 0 Å². The Balaban J connectivity index is 1.76. The van der Waals surface area contributed by atoms with Gasteiger partial charge < -0.3 is 15.5 Å². The van der Waals surface area contributed by atoms with Gasteiger partial charge in [0, 0.05) is 64.6 Å². The Hall–Kier alpha value is -1.59. The lowest BCUT2D eigenvalue weighted by atomic mass is 10.2.